The number of azo groups is 2. The molecule has 0 saturated carbocycles. The number of nitrogens with zero attached hydrogens (tertiary/aromatic N) is 8. The maximum absolute atomic E-state index is 14.4. The summed E-state index contributed by atoms with van der Waals surface area (Å²) in [7, 11) is -26.8. The Kier molecular flexibility index (Phi) is 11.0. The van der Waals surface area contributed by atoms with Gasteiger partial charge in [0.2, 0.25) is 0 Å². The molecule has 0 fully saturated rings. The molecular formula is C37H40Cl2N8O14S4. The van der Waals surface area contributed by atoms with Crippen molar-refractivity contribution in [3.8, 4) is 0 Å². The highest BCUT2D eigenvalue weighted by atomic mass is 35.5. The van der Waals surface area contributed by atoms with E-state index in [2.05, 4.69) is 30.7 Å². The third kappa shape index (κ3) is 8.95. The van der Waals surface area contributed by atoms with Crippen LogP contribution in [0.1, 0.15) is 31.9 Å². The minimum atomic E-state index is -6.77. The summed E-state index contributed by atoms with van der Waals surface area (Å²) in [5.41, 5.74) is -1.88. The Balaban J connectivity index is 1.45. The van der Waals surface area contributed by atoms with Crippen molar-refractivity contribution in [3.63, 3.8) is 0 Å². The molecule has 0 saturated heterocycles. The molecule has 8 bridgehead atoms. The Morgan fingerprint density at radius 3 is 1.43 bits per heavy atom. The van der Waals surface area contributed by atoms with Gasteiger partial charge in [0.1, 0.15) is 49.9 Å². The van der Waals surface area contributed by atoms with Crippen molar-refractivity contribution in [1.82, 2.24) is 0 Å². The highest BCUT2D eigenvalue weighted by Gasteiger charge is 2.51. The number of carbonyl (C=O) groups is 2. The van der Waals surface area contributed by atoms with Gasteiger partial charge in [0.05, 0.1) is 42.4 Å². The van der Waals surface area contributed by atoms with Gasteiger partial charge in [-0.05, 0) is 99.0 Å². The Morgan fingerprint density at radius 2 is 1.00 bits per heavy atom. The van der Waals surface area contributed by atoms with E-state index in [4.69, 9.17) is 23.2 Å². The lowest BCUT2D eigenvalue weighted by atomic mass is 10.1. The van der Waals surface area contributed by atoms with E-state index in [-0.39, 0.29) is 50.4 Å². The van der Waals surface area contributed by atoms with Crippen LogP contribution in [0.25, 0.3) is 0 Å². The van der Waals surface area contributed by atoms with Crippen LogP contribution in [0.5, 0.6) is 0 Å². The summed E-state index contributed by atoms with van der Waals surface area (Å²) in [6, 6.07) is 8.13. The number of amides is 2. The average Bonchev–Trinajstić information content (AvgIpc) is 3.63. The van der Waals surface area contributed by atoms with E-state index in [9.17, 15) is 62.8 Å². The van der Waals surface area contributed by atoms with Crippen molar-refractivity contribution in [3.05, 3.63) is 94.0 Å². The Labute approximate surface area is 379 Å². The maximum atomic E-state index is 14.4. The van der Waals surface area contributed by atoms with Crippen LogP contribution in [0.3, 0.4) is 0 Å². The number of fused-ring (bicyclic) bond motifs is 12. The summed E-state index contributed by atoms with van der Waals surface area (Å²) in [5, 5.41) is 20.6. The summed E-state index contributed by atoms with van der Waals surface area (Å²) >= 11 is 12.7. The number of halogens is 2. The zero-order chi connectivity index (χ0) is 48.2. The van der Waals surface area contributed by atoms with E-state index < -0.39 is 104 Å². The second-order valence-electron chi connectivity index (χ2n) is 15.7. The molecule has 2 unspecified atom stereocenters. The van der Waals surface area contributed by atoms with E-state index in [0.29, 0.717) is 10.0 Å². The van der Waals surface area contributed by atoms with Gasteiger partial charge in [-0.1, -0.05) is 42.3 Å². The van der Waals surface area contributed by atoms with E-state index >= 15 is 0 Å². The fraction of sp³-hybridized carbons (Fsp3) is 0.243. The Bertz CT molecular complexity index is 3220. The first kappa shape index (κ1) is 48.2. The highest BCUT2D eigenvalue weighted by Crippen LogP contribution is 2.48. The molecule has 28 heteroatoms. The summed E-state index contributed by atoms with van der Waals surface area (Å²) in [6.45, 7) is 5.60. The van der Waals surface area contributed by atoms with Gasteiger partial charge in [-0.3, -0.25) is 9.59 Å². The minimum absolute atomic E-state index is 0.0438. The normalized spacial score (nSPS) is 27.0. The molecule has 3 aliphatic heterocycles. The van der Waals surface area contributed by atoms with Gasteiger partial charge in [-0.2, -0.15) is 40.7 Å². The number of carbonyl (C=O) groups excluding carboxylic acids is 2. The summed E-state index contributed by atoms with van der Waals surface area (Å²) in [4.78, 5) is 23.6. The van der Waals surface area contributed by atoms with Gasteiger partial charge in [0.15, 0.2) is 22.3 Å². The first-order valence-electron chi connectivity index (χ1n) is 18.7. The first-order valence-corrected chi connectivity index (χ1v) is 27.6. The number of anilines is 2. The Morgan fingerprint density at radius 1 is 0.585 bits per heavy atom. The van der Waals surface area contributed by atoms with Gasteiger partial charge in [0.25, 0.3) is 11.8 Å². The molecule has 8 N–H and O–H groups in total. The van der Waals surface area contributed by atoms with E-state index in [1.54, 1.807) is 6.92 Å². The standard InChI is InChI=1S/C37H40Cl2N8O14S4/c1-5-23-13-30-33(17-29(23)39)65(59,60,61)19-63(53,54,55)27-11-7-9-25(15-27)47-37(49)35(22(4)45-47)43-41-31-16-28(38)20(2)12-32(31)64(56,57,58)18-62(50,51,52)26-10-6-8-24(14-26)46-36(48)34(42-40-30)21(3)44-46/h6-17,34-35H,5,18-19H2,1-4H3,(H2,50,51,52)(H2,53,54,55)(H2,56,57,58)(H2,59,60,61). The topological polar surface area (TPSA) is 345 Å². The summed E-state index contributed by atoms with van der Waals surface area (Å²) in [5.74, 6) is -2.02. The van der Waals surface area contributed by atoms with E-state index in [0.717, 1.165) is 60.7 Å². The molecular weight excluding hydrogens is 980 g/mol. The minimum Gasteiger partial charge on any atom is -0.303 e. The molecule has 0 spiro atoms. The fourth-order valence-electron chi connectivity index (χ4n) is 7.07. The summed E-state index contributed by atoms with van der Waals surface area (Å²) in [6.07, 6.45) is 0.173. The summed E-state index contributed by atoms with van der Waals surface area (Å²) < 4.78 is 149. The molecule has 3 heterocycles. The number of benzene rings is 4. The van der Waals surface area contributed by atoms with Crippen LogP contribution < -0.4 is 10.0 Å². The van der Waals surface area contributed by atoms with Crippen molar-refractivity contribution in [1.29, 1.82) is 0 Å². The van der Waals surface area contributed by atoms with Crippen LogP contribution in [-0.4, -0.2) is 98.7 Å². The van der Waals surface area contributed by atoms with Crippen molar-refractivity contribution < 1.29 is 62.8 Å². The number of hydrogen-bond donors (Lipinski definition) is 8. The van der Waals surface area contributed by atoms with Gasteiger partial charge in [0, 0.05) is 10.0 Å². The molecule has 0 aliphatic carbocycles. The van der Waals surface area contributed by atoms with E-state index in [1.165, 1.54) is 32.9 Å². The molecule has 4 aromatic carbocycles. The fourth-order valence-corrected chi connectivity index (χ4v) is 19.1. The molecule has 22 nitrogen and oxygen atoms in total. The van der Waals surface area contributed by atoms with Crippen molar-refractivity contribution in [2.24, 2.45) is 30.7 Å². The van der Waals surface area contributed by atoms with E-state index in [1.807, 2.05) is 0 Å². The van der Waals surface area contributed by atoms with Gasteiger partial charge in [-0.25, -0.2) is 16.8 Å². The zero-order valence-corrected chi connectivity index (χ0v) is 39.0. The Hall–Kier alpha value is -4.78. The van der Waals surface area contributed by atoms with Crippen LogP contribution >= 0.6 is 23.2 Å². The number of hydrogen-bond acceptors (Lipinski definition) is 12. The number of aryl methyl sites for hydroxylation is 2. The third-order valence-corrected chi connectivity index (χ3v) is 22.7. The second kappa shape index (κ2) is 14.9. The van der Waals surface area contributed by atoms with Gasteiger partial charge < -0.3 is 36.4 Å². The lowest BCUT2D eigenvalue weighted by Gasteiger charge is -2.41. The highest BCUT2D eigenvalue weighted by molar-refractivity contribution is 8.26. The monoisotopic (exact) mass is 1020 g/mol. The van der Waals surface area contributed by atoms with Crippen molar-refractivity contribution in [2.45, 2.75) is 65.8 Å². The van der Waals surface area contributed by atoms with Crippen molar-refractivity contribution >= 4 is 108 Å². The molecule has 350 valence electrons. The van der Waals surface area contributed by atoms with Gasteiger partial charge >= 0.3 is 0 Å². The lowest BCUT2D eigenvalue weighted by molar-refractivity contribution is -0.118. The number of hydrazone groups is 2. The first-order chi connectivity index (χ1) is 29.6. The molecule has 65 heavy (non-hydrogen) atoms. The van der Waals surface area contributed by atoms with Crippen LogP contribution in [0.15, 0.2) is 123 Å². The van der Waals surface area contributed by atoms with Gasteiger partial charge in [-0.15, -0.1) is 0 Å². The van der Waals surface area contributed by atoms with Crippen molar-refractivity contribution in [2.75, 3.05) is 20.2 Å². The molecule has 7 rings (SSSR count). The lowest BCUT2D eigenvalue weighted by Crippen LogP contribution is -2.49. The molecule has 2 amide bonds. The predicted molar refractivity (Wildman–Crippen MR) is 244 cm³/mol. The van der Waals surface area contributed by atoms with Crippen LogP contribution in [0, 0.1) is 6.92 Å². The number of rotatable bonds is 1. The average molecular weight is 1020 g/mol. The maximum Gasteiger partial charge on any atom is 0.280 e. The third-order valence-electron chi connectivity index (χ3n) is 10.3. The quantitative estimate of drug-likeness (QED) is 0.0904. The molecule has 0 aromatic heterocycles. The molecule has 2 atom stereocenters. The van der Waals surface area contributed by atoms with Crippen LogP contribution in [0.2, 0.25) is 10.0 Å². The zero-order valence-electron chi connectivity index (χ0n) is 34.2. The van der Waals surface area contributed by atoms with Crippen LogP contribution in [-0.2, 0) is 54.5 Å². The predicted octanol–water partition coefficient (Wildman–Crippen LogP) is 7.74. The largest absolute Gasteiger partial charge is 0.303 e. The van der Waals surface area contributed by atoms with Crippen LogP contribution in [0.4, 0.5) is 22.7 Å². The molecule has 4 aromatic rings. The SMILES string of the molecule is CCc1cc2c(cc1Cl)S(=O)(O)(O)CS(=O)(O)(O)c1cccc(c1)N1N=C(C)C(N=Nc3cc(Cl)c(C)cc3S(=O)(O)(O)CS(=O)(O)(O)c3cccc(c3)N3N=C(C)C(N=N2)C3=O)C1=O. The molecule has 0 radical (unpaired) electrons. The second-order valence-corrected chi connectivity index (χ2v) is 28.3. The smallest absolute Gasteiger partial charge is 0.280 e. The molecule has 3 aliphatic rings.